The minimum Gasteiger partial charge on any atom is -0.355 e. The largest absolute Gasteiger partial charge is 0.355 e. The van der Waals surface area contributed by atoms with Crippen LogP contribution in [0.1, 0.15) is 26.5 Å². The first kappa shape index (κ1) is 17.6. The Kier molecular flexibility index (Phi) is 4.17. The van der Waals surface area contributed by atoms with Gasteiger partial charge >= 0.3 is 0 Å². The highest BCUT2D eigenvalue weighted by Gasteiger charge is 2.30. The summed E-state index contributed by atoms with van der Waals surface area (Å²) >= 11 is 0. The van der Waals surface area contributed by atoms with Crippen LogP contribution in [0.4, 0.5) is 10.2 Å². The lowest BCUT2D eigenvalue weighted by Crippen LogP contribution is -2.50. The fraction of sp³-hybridized carbons (Fsp3) is 0.400. The van der Waals surface area contributed by atoms with Crippen LogP contribution >= 0.6 is 0 Å². The van der Waals surface area contributed by atoms with Crippen LogP contribution in [0, 0.1) is 11.7 Å². The van der Waals surface area contributed by atoms with Gasteiger partial charge in [0.15, 0.2) is 0 Å². The van der Waals surface area contributed by atoms with Crippen molar-refractivity contribution in [3.63, 3.8) is 0 Å². The molecule has 0 unspecified atom stereocenters. The number of aromatic nitrogens is 4. The average molecular weight is 367 g/mol. The van der Waals surface area contributed by atoms with Crippen LogP contribution in [0.25, 0.3) is 10.9 Å². The smallest absolute Gasteiger partial charge is 0.266 e. The van der Waals surface area contributed by atoms with E-state index in [2.05, 4.69) is 40.7 Å². The maximum Gasteiger partial charge on any atom is 0.266 e. The highest BCUT2D eigenvalue weighted by atomic mass is 19.1. The van der Waals surface area contributed by atoms with E-state index < -0.39 is 0 Å². The Morgan fingerprint density at radius 3 is 2.67 bits per heavy atom. The fourth-order valence-corrected chi connectivity index (χ4v) is 3.35. The van der Waals surface area contributed by atoms with E-state index in [1.54, 1.807) is 22.9 Å². The predicted octanol–water partition coefficient (Wildman–Crippen LogP) is 2.76. The van der Waals surface area contributed by atoms with Crippen molar-refractivity contribution in [1.82, 2.24) is 19.7 Å². The Morgan fingerprint density at radius 1 is 1.15 bits per heavy atom. The number of nitrogens with zero attached hydrogens (tertiary/aromatic N) is 5. The zero-order valence-corrected chi connectivity index (χ0v) is 15.7. The molecular weight excluding hydrogens is 345 g/mol. The van der Waals surface area contributed by atoms with Crippen LogP contribution in [0.2, 0.25) is 0 Å². The van der Waals surface area contributed by atoms with Gasteiger partial charge in [0.05, 0.1) is 17.8 Å². The van der Waals surface area contributed by atoms with Gasteiger partial charge < -0.3 is 4.90 Å². The van der Waals surface area contributed by atoms with E-state index in [4.69, 9.17) is 0 Å². The lowest BCUT2D eigenvalue weighted by molar-refractivity contribution is 0.328. The molecule has 2 aromatic heterocycles. The molecule has 1 fully saturated rings. The second-order valence-corrected chi connectivity index (χ2v) is 8.12. The molecule has 27 heavy (non-hydrogen) atoms. The second-order valence-electron chi connectivity index (χ2n) is 8.12. The molecule has 1 saturated heterocycles. The van der Waals surface area contributed by atoms with E-state index in [0.29, 0.717) is 17.8 Å². The Morgan fingerprint density at radius 2 is 1.93 bits per heavy atom. The first-order valence-electron chi connectivity index (χ1n) is 9.05. The molecule has 0 aliphatic carbocycles. The van der Waals surface area contributed by atoms with Gasteiger partial charge in [-0.25, -0.2) is 19.0 Å². The highest BCUT2D eigenvalue weighted by molar-refractivity contribution is 5.89. The Hall–Kier alpha value is -2.83. The summed E-state index contributed by atoms with van der Waals surface area (Å²) in [6, 6.07) is 7.92. The van der Waals surface area contributed by atoms with Crippen LogP contribution < -0.4 is 10.5 Å². The van der Waals surface area contributed by atoms with E-state index in [0.717, 1.165) is 30.1 Å². The molecule has 1 aromatic carbocycles. The third kappa shape index (κ3) is 3.41. The van der Waals surface area contributed by atoms with Gasteiger partial charge in [-0.1, -0.05) is 20.8 Å². The van der Waals surface area contributed by atoms with Crippen molar-refractivity contribution in [2.45, 2.75) is 32.7 Å². The number of hydrogen-bond acceptors (Lipinski definition) is 5. The molecule has 0 spiro atoms. The topological polar surface area (TPSA) is 63.9 Å². The molecule has 1 aliphatic heterocycles. The quantitative estimate of drug-likeness (QED) is 0.712. The number of anilines is 1. The zero-order valence-electron chi connectivity index (χ0n) is 15.7. The highest BCUT2D eigenvalue weighted by Crippen LogP contribution is 2.29. The van der Waals surface area contributed by atoms with Crippen molar-refractivity contribution in [2.75, 3.05) is 18.0 Å². The number of rotatable bonds is 3. The molecule has 0 N–H and O–H groups in total. The van der Waals surface area contributed by atoms with E-state index >= 15 is 0 Å². The molecular formula is C20H22FN5O. The average Bonchev–Trinajstić information content (AvgIpc) is 2.58. The number of benzene rings is 1. The van der Waals surface area contributed by atoms with Crippen molar-refractivity contribution in [2.24, 2.45) is 5.92 Å². The summed E-state index contributed by atoms with van der Waals surface area (Å²) in [7, 11) is 0. The van der Waals surface area contributed by atoms with Crippen LogP contribution in [0.3, 0.4) is 0 Å². The molecule has 0 bridgehead atoms. The summed E-state index contributed by atoms with van der Waals surface area (Å²) in [5, 5.41) is 5.24. The summed E-state index contributed by atoms with van der Waals surface area (Å²) in [6.45, 7) is 8.29. The first-order chi connectivity index (χ1) is 12.8. The van der Waals surface area contributed by atoms with Gasteiger partial charge in [0.1, 0.15) is 18.0 Å². The molecule has 4 rings (SSSR count). The van der Waals surface area contributed by atoms with Crippen molar-refractivity contribution < 1.29 is 4.39 Å². The first-order valence-corrected chi connectivity index (χ1v) is 9.05. The molecule has 140 valence electrons. The molecule has 3 heterocycles. The lowest BCUT2D eigenvalue weighted by atomic mass is 9.92. The maximum absolute atomic E-state index is 13.6. The van der Waals surface area contributed by atoms with E-state index in [-0.39, 0.29) is 16.8 Å². The Bertz CT molecular complexity index is 1050. The summed E-state index contributed by atoms with van der Waals surface area (Å²) in [4.78, 5) is 22.8. The van der Waals surface area contributed by atoms with Gasteiger partial charge in [-0.2, -0.15) is 5.10 Å². The Labute approximate surface area is 156 Å². The second kappa shape index (κ2) is 6.40. The fourth-order valence-electron chi connectivity index (χ4n) is 3.35. The molecule has 7 heteroatoms. The molecule has 0 radical (unpaired) electrons. The van der Waals surface area contributed by atoms with Crippen molar-refractivity contribution in [3.8, 4) is 0 Å². The van der Waals surface area contributed by atoms with Crippen molar-refractivity contribution >= 4 is 16.7 Å². The zero-order chi connectivity index (χ0) is 19.2. The SMILES string of the molecule is CC(C)(C)c1ccc(=O)n(CC2CN(c3ncnc4ccc(F)cc34)C2)n1. The van der Waals surface area contributed by atoms with Gasteiger partial charge in [-0.3, -0.25) is 4.79 Å². The van der Waals surface area contributed by atoms with Gasteiger partial charge in [0.2, 0.25) is 0 Å². The van der Waals surface area contributed by atoms with Gasteiger partial charge in [-0.05, 0) is 24.3 Å². The molecule has 0 atom stereocenters. The van der Waals surface area contributed by atoms with Crippen LogP contribution in [-0.4, -0.2) is 32.8 Å². The van der Waals surface area contributed by atoms with Crippen molar-refractivity contribution in [1.29, 1.82) is 0 Å². The Balaban J connectivity index is 1.51. The molecule has 0 amide bonds. The molecule has 6 nitrogen and oxygen atoms in total. The molecule has 3 aromatic rings. The standard InChI is InChI=1S/C20H22FN5O/c1-20(2,3)17-6-7-18(27)26(24-17)11-13-9-25(10-13)19-15-8-14(21)4-5-16(15)22-12-23-19/h4-8,12-13H,9-11H2,1-3H3. The lowest BCUT2D eigenvalue weighted by Gasteiger charge is -2.40. The van der Waals surface area contributed by atoms with Crippen LogP contribution in [0.15, 0.2) is 41.5 Å². The van der Waals surface area contributed by atoms with E-state index in [1.165, 1.54) is 18.5 Å². The summed E-state index contributed by atoms with van der Waals surface area (Å²) in [6.07, 6.45) is 1.50. The third-order valence-electron chi connectivity index (χ3n) is 4.90. The van der Waals surface area contributed by atoms with Crippen molar-refractivity contribution in [3.05, 3.63) is 58.5 Å². The molecule has 1 aliphatic rings. The summed E-state index contributed by atoms with van der Waals surface area (Å²) < 4.78 is 15.2. The minimum absolute atomic E-state index is 0.0870. The van der Waals surface area contributed by atoms with Gasteiger partial charge in [0, 0.05) is 35.9 Å². The molecule has 0 saturated carbocycles. The number of hydrogen-bond donors (Lipinski definition) is 0. The third-order valence-corrected chi connectivity index (χ3v) is 4.90. The number of halogens is 1. The van der Waals surface area contributed by atoms with E-state index in [1.807, 2.05) is 0 Å². The number of fused-ring (bicyclic) bond motifs is 1. The normalized spacial score (nSPS) is 15.2. The summed E-state index contributed by atoms with van der Waals surface area (Å²) in [5.74, 6) is 0.730. The monoisotopic (exact) mass is 367 g/mol. The summed E-state index contributed by atoms with van der Waals surface area (Å²) in [5.41, 5.74) is 1.43. The van der Waals surface area contributed by atoms with Gasteiger partial charge in [0.25, 0.3) is 5.56 Å². The minimum atomic E-state index is -0.301. The maximum atomic E-state index is 13.6. The predicted molar refractivity (Wildman–Crippen MR) is 102 cm³/mol. The van der Waals surface area contributed by atoms with Gasteiger partial charge in [-0.15, -0.1) is 0 Å². The van der Waals surface area contributed by atoms with Crippen LogP contribution in [-0.2, 0) is 12.0 Å². The van der Waals surface area contributed by atoms with E-state index in [9.17, 15) is 9.18 Å². The van der Waals surface area contributed by atoms with Crippen LogP contribution in [0.5, 0.6) is 0 Å².